The van der Waals surface area contributed by atoms with E-state index in [1.54, 1.807) is 6.07 Å². The Kier molecular flexibility index (Phi) is 7.99. The first-order valence-electron chi connectivity index (χ1n) is 9.23. The van der Waals surface area contributed by atoms with Crippen molar-refractivity contribution in [1.82, 2.24) is 5.32 Å². The van der Waals surface area contributed by atoms with Gasteiger partial charge in [-0.1, -0.05) is 62.2 Å². The number of aryl methyl sites for hydroxylation is 1. The molecule has 0 bridgehead atoms. The van der Waals surface area contributed by atoms with E-state index in [0.29, 0.717) is 16.6 Å². The van der Waals surface area contributed by atoms with Gasteiger partial charge in [0.15, 0.2) is 0 Å². The first-order valence-corrected chi connectivity index (χ1v) is 9.99. The van der Waals surface area contributed by atoms with Crippen LogP contribution in [0.4, 0.5) is 0 Å². The van der Waals surface area contributed by atoms with Crippen LogP contribution in [0.2, 0.25) is 10.0 Å². The molecule has 5 heteroatoms. The first kappa shape index (κ1) is 22.0. The van der Waals surface area contributed by atoms with Crippen molar-refractivity contribution in [2.24, 2.45) is 0 Å². The van der Waals surface area contributed by atoms with E-state index in [4.69, 9.17) is 27.9 Å². The van der Waals surface area contributed by atoms with Crippen LogP contribution in [0.5, 0.6) is 5.75 Å². The molecule has 0 aromatic heterocycles. The van der Waals surface area contributed by atoms with Crippen molar-refractivity contribution in [3.8, 4) is 5.75 Å². The zero-order chi connectivity index (χ0) is 20.0. The second-order valence-electron chi connectivity index (χ2n) is 7.88. The normalized spacial score (nSPS) is 12.9. The van der Waals surface area contributed by atoms with Gasteiger partial charge in [0.2, 0.25) is 0 Å². The number of benzene rings is 2. The summed E-state index contributed by atoms with van der Waals surface area (Å²) in [6, 6.07) is 11.7. The van der Waals surface area contributed by atoms with Crippen LogP contribution in [0.1, 0.15) is 37.5 Å². The minimum Gasteiger partial charge on any atom is -0.491 e. The van der Waals surface area contributed by atoms with Gasteiger partial charge in [0.05, 0.1) is 0 Å². The van der Waals surface area contributed by atoms with Gasteiger partial charge in [0.25, 0.3) is 0 Å². The molecular formula is C22H29Cl2NO2. The Balaban J connectivity index is 1.74. The average Bonchev–Trinajstić information content (AvgIpc) is 2.58. The van der Waals surface area contributed by atoms with Crippen molar-refractivity contribution in [2.45, 2.75) is 45.6 Å². The first-order chi connectivity index (χ1) is 12.7. The lowest BCUT2D eigenvalue weighted by molar-refractivity contribution is 0.106. The summed E-state index contributed by atoms with van der Waals surface area (Å²) in [5.74, 6) is 0.815. The Morgan fingerprint density at radius 2 is 1.85 bits per heavy atom. The summed E-state index contributed by atoms with van der Waals surface area (Å²) < 4.78 is 5.79. The van der Waals surface area contributed by atoms with E-state index in [0.717, 1.165) is 29.8 Å². The summed E-state index contributed by atoms with van der Waals surface area (Å²) in [6.07, 6.45) is 0.198. The van der Waals surface area contributed by atoms with Crippen LogP contribution < -0.4 is 10.1 Å². The molecule has 0 saturated heterocycles. The van der Waals surface area contributed by atoms with Gasteiger partial charge < -0.3 is 15.2 Å². The second kappa shape index (κ2) is 9.79. The number of halogens is 2. The fraction of sp³-hybridized carbons (Fsp3) is 0.455. The van der Waals surface area contributed by atoms with Gasteiger partial charge in [-0.25, -0.2) is 0 Å². The highest BCUT2D eigenvalue weighted by Crippen LogP contribution is 2.27. The van der Waals surface area contributed by atoms with Gasteiger partial charge in [0, 0.05) is 16.6 Å². The van der Waals surface area contributed by atoms with Gasteiger partial charge in [-0.15, -0.1) is 0 Å². The number of rotatable bonds is 8. The molecule has 0 saturated carbocycles. The molecule has 2 rings (SSSR count). The van der Waals surface area contributed by atoms with E-state index < -0.39 is 6.10 Å². The fourth-order valence-electron chi connectivity index (χ4n) is 2.74. The monoisotopic (exact) mass is 409 g/mol. The molecule has 0 spiro atoms. The molecule has 0 aliphatic heterocycles. The third kappa shape index (κ3) is 7.00. The van der Waals surface area contributed by atoms with Crippen LogP contribution in [0.25, 0.3) is 0 Å². The molecule has 0 amide bonds. The van der Waals surface area contributed by atoms with E-state index >= 15 is 0 Å². The van der Waals surface area contributed by atoms with E-state index in [9.17, 15) is 5.11 Å². The largest absolute Gasteiger partial charge is 0.491 e. The fourth-order valence-corrected chi connectivity index (χ4v) is 3.24. The van der Waals surface area contributed by atoms with Crippen molar-refractivity contribution in [2.75, 3.05) is 19.7 Å². The molecule has 2 aromatic rings. The third-order valence-electron chi connectivity index (χ3n) is 4.44. The number of aliphatic hydroxyl groups excluding tert-OH is 1. The number of aliphatic hydroxyl groups is 1. The van der Waals surface area contributed by atoms with E-state index in [2.05, 4.69) is 38.2 Å². The Morgan fingerprint density at radius 3 is 2.48 bits per heavy atom. The molecule has 0 aliphatic rings. The van der Waals surface area contributed by atoms with Crippen molar-refractivity contribution >= 4 is 23.2 Å². The summed E-state index contributed by atoms with van der Waals surface area (Å²) in [5.41, 5.74) is 3.50. The molecule has 1 unspecified atom stereocenters. The van der Waals surface area contributed by atoms with Crippen molar-refractivity contribution < 1.29 is 9.84 Å². The Bertz CT molecular complexity index is 756. The molecule has 2 N–H and O–H groups in total. The highest BCUT2D eigenvalue weighted by molar-refractivity contribution is 6.35. The highest BCUT2D eigenvalue weighted by Gasteiger charge is 2.15. The van der Waals surface area contributed by atoms with Crippen LogP contribution in [-0.4, -0.2) is 30.9 Å². The maximum atomic E-state index is 10.1. The Hall–Kier alpha value is -1.26. The molecule has 148 valence electrons. The maximum Gasteiger partial charge on any atom is 0.122 e. The molecule has 2 aromatic carbocycles. The van der Waals surface area contributed by atoms with Crippen LogP contribution in [-0.2, 0) is 11.8 Å². The Morgan fingerprint density at radius 1 is 1.11 bits per heavy atom. The second-order valence-corrected chi connectivity index (χ2v) is 8.73. The number of ether oxygens (including phenoxy) is 1. The smallest absolute Gasteiger partial charge is 0.122 e. The Labute approximate surface area is 172 Å². The predicted octanol–water partition coefficient (Wildman–Crippen LogP) is 5.17. The van der Waals surface area contributed by atoms with Crippen LogP contribution in [0, 0.1) is 6.92 Å². The third-order valence-corrected chi connectivity index (χ3v) is 5.03. The summed E-state index contributed by atoms with van der Waals surface area (Å²) in [7, 11) is 0. The van der Waals surface area contributed by atoms with Crippen molar-refractivity contribution in [1.29, 1.82) is 0 Å². The number of nitrogens with one attached hydrogen (secondary N) is 1. The van der Waals surface area contributed by atoms with Gasteiger partial charge in [-0.2, -0.15) is 0 Å². The van der Waals surface area contributed by atoms with E-state index in [1.165, 1.54) is 5.56 Å². The summed E-state index contributed by atoms with van der Waals surface area (Å²) >= 11 is 12.1. The highest BCUT2D eigenvalue weighted by atomic mass is 35.5. The lowest BCUT2D eigenvalue weighted by Crippen LogP contribution is -2.32. The molecule has 0 heterocycles. The predicted molar refractivity (Wildman–Crippen MR) is 114 cm³/mol. The number of hydrogen-bond acceptors (Lipinski definition) is 3. The molecule has 0 aliphatic carbocycles. The standard InChI is InChI=1S/C22H29Cl2NO2/c1-15-11-17(22(2,3)4)6-8-21(15)27-14-19(26)13-25-10-9-16-5-7-18(23)12-20(16)24/h5-8,11-12,19,25-26H,9-10,13-14H2,1-4H3. The average molecular weight is 410 g/mol. The lowest BCUT2D eigenvalue weighted by atomic mass is 9.86. The summed E-state index contributed by atoms with van der Waals surface area (Å²) in [6.45, 7) is 10.0. The van der Waals surface area contributed by atoms with Crippen LogP contribution in [0.3, 0.4) is 0 Å². The summed E-state index contributed by atoms with van der Waals surface area (Å²) in [5, 5.41) is 14.7. The van der Waals surface area contributed by atoms with Crippen LogP contribution >= 0.6 is 23.2 Å². The molecule has 3 nitrogen and oxygen atoms in total. The lowest BCUT2D eigenvalue weighted by Gasteiger charge is -2.21. The van der Waals surface area contributed by atoms with Crippen LogP contribution in [0.15, 0.2) is 36.4 Å². The van der Waals surface area contributed by atoms with Gasteiger partial charge in [0.1, 0.15) is 18.5 Å². The van der Waals surface area contributed by atoms with E-state index in [1.807, 2.05) is 25.1 Å². The van der Waals surface area contributed by atoms with Gasteiger partial charge >= 0.3 is 0 Å². The SMILES string of the molecule is Cc1cc(C(C)(C)C)ccc1OCC(O)CNCCc1ccc(Cl)cc1Cl. The minimum atomic E-state index is -0.576. The summed E-state index contributed by atoms with van der Waals surface area (Å²) in [4.78, 5) is 0. The van der Waals surface area contributed by atoms with Crippen molar-refractivity contribution in [3.05, 3.63) is 63.1 Å². The zero-order valence-corrected chi connectivity index (χ0v) is 18.0. The maximum absolute atomic E-state index is 10.1. The number of hydrogen-bond donors (Lipinski definition) is 2. The van der Waals surface area contributed by atoms with Gasteiger partial charge in [-0.05, 0) is 60.2 Å². The zero-order valence-electron chi connectivity index (χ0n) is 16.5. The molecule has 0 radical (unpaired) electrons. The van der Waals surface area contributed by atoms with E-state index in [-0.39, 0.29) is 12.0 Å². The topological polar surface area (TPSA) is 41.5 Å². The molecule has 1 atom stereocenters. The molecule has 27 heavy (non-hydrogen) atoms. The van der Waals surface area contributed by atoms with Crippen molar-refractivity contribution in [3.63, 3.8) is 0 Å². The molecule has 0 fully saturated rings. The molecular weight excluding hydrogens is 381 g/mol. The van der Waals surface area contributed by atoms with Gasteiger partial charge in [-0.3, -0.25) is 0 Å². The quantitative estimate of drug-likeness (QED) is 0.590. The minimum absolute atomic E-state index is 0.111.